The van der Waals surface area contributed by atoms with Gasteiger partial charge in [-0.25, -0.2) is 0 Å². The van der Waals surface area contributed by atoms with E-state index in [1.165, 1.54) is 31.1 Å². The minimum atomic E-state index is -0.357. The van der Waals surface area contributed by atoms with Crippen LogP contribution in [0.1, 0.15) is 24.8 Å². The SMILES string of the molecule is O=[N+]([O-])c1cccc(CNCC2CCCCS2)c1Br. The maximum absolute atomic E-state index is 10.8. The first-order chi connectivity index (χ1) is 9.18. The van der Waals surface area contributed by atoms with E-state index >= 15 is 0 Å². The van der Waals surface area contributed by atoms with Gasteiger partial charge in [0.1, 0.15) is 0 Å². The van der Waals surface area contributed by atoms with E-state index in [0.717, 1.165) is 12.1 Å². The smallest absolute Gasteiger partial charge is 0.283 e. The van der Waals surface area contributed by atoms with E-state index in [9.17, 15) is 10.1 Å². The molecule has 0 radical (unpaired) electrons. The zero-order valence-corrected chi connectivity index (χ0v) is 13.0. The largest absolute Gasteiger partial charge is 0.312 e. The van der Waals surface area contributed by atoms with Crippen molar-refractivity contribution in [3.8, 4) is 0 Å². The molecule has 104 valence electrons. The van der Waals surface area contributed by atoms with Crippen molar-refractivity contribution in [3.63, 3.8) is 0 Å². The molecule has 4 nitrogen and oxygen atoms in total. The second-order valence-electron chi connectivity index (χ2n) is 4.63. The summed E-state index contributed by atoms with van der Waals surface area (Å²) in [5.41, 5.74) is 1.07. The summed E-state index contributed by atoms with van der Waals surface area (Å²) in [5, 5.41) is 14.9. The van der Waals surface area contributed by atoms with Crippen LogP contribution in [-0.2, 0) is 6.54 Å². The fourth-order valence-corrected chi connectivity index (χ4v) is 4.00. The number of nitro groups is 1. The first-order valence-electron chi connectivity index (χ1n) is 6.42. The molecular formula is C13H17BrN2O2S. The van der Waals surface area contributed by atoms with E-state index < -0.39 is 0 Å². The lowest BCUT2D eigenvalue weighted by Gasteiger charge is -2.21. The summed E-state index contributed by atoms with van der Waals surface area (Å²) in [7, 11) is 0. The third-order valence-electron chi connectivity index (χ3n) is 3.22. The van der Waals surface area contributed by atoms with Gasteiger partial charge in [0.15, 0.2) is 0 Å². The van der Waals surface area contributed by atoms with E-state index in [-0.39, 0.29) is 10.6 Å². The number of nitrogens with zero attached hydrogens (tertiary/aromatic N) is 1. The molecule has 19 heavy (non-hydrogen) atoms. The van der Waals surface area contributed by atoms with Crippen molar-refractivity contribution in [3.05, 3.63) is 38.3 Å². The Morgan fingerprint density at radius 2 is 2.32 bits per heavy atom. The Morgan fingerprint density at radius 1 is 1.47 bits per heavy atom. The summed E-state index contributed by atoms with van der Waals surface area (Å²) in [5.74, 6) is 1.26. The Hall–Kier alpha value is -0.590. The van der Waals surface area contributed by atoms with Gasteiger partial charge in [-0.3, -0.25) is 10.1 Å². The number of hydrogen-bond donors (Lipinski definition) is 1. The number of nitro benzene ring substituents is 1. The molecule has 1 aromatic carbocycles. The highest BCUT2D eigenvalue weighted by atomic mass is 79.9. The number of benzene rings is 1. The number of halogens is 1. The molecule has 2 rings (SSSR count). The van der Waals surface area contributed by atoms with Gasteiger partial charge in [-0.15, -0.1) is 0 Å². The Balaban J connectivity index is 1.88. The van der Waals surface area contributed by atoms with Crippen LogP contribution < -0.4 is 5.32 Å². The molecule has 1 N–H and O–H groups in total. The van der Waals surface area contributed by atoms with Gasteiger partial charge in [-0.1, -0.05) is 18.6 Å². The molecule has 0 bridgehead atoms. The molecule has 1 atom stereocenters. The minimum absolute atomic E-state index is 0.131. The van der Waals surface area contributed by atoms with Crippen molar-refractivity contribution in [2.24, 2.45) is 0 Å². The van der Waals surface area contributed by atoms with Crippen LogP contribution in [0, 0.1) is 10.1 Å². The molecule has 1 saturated heterocycles. The normalized spacial score (nSPS) is 19.3. The Bertz CT molecular complexity index is 450. The fourth-order valence-electron chi connectivity index (χ4n) is 2.18. The van der Waals surface area contributed by atoms with Crippen molar-refractivity contribution in [1.29, 1.82) is 0 Å². The standard InChI is InChI=1S/C13H17BrN2O2S/c14-13-10(4-3-6-12(13)16(17)18)8-15-9-11-5-1-2-7-19-11/h3-4,6,11,15H,1-2,5,7-9H2. The summed E-state index contributed by atoms with van der Waals surface area (Å²) in [6.07, 6.45) is 3.92. The number of nitrogens with one attached hydrogen (secondary N) is 1. The molecule has 0 amide bonds. The van der Waals surface area contributed by atoms with E-state index in [1.807, 2.05) is 17.8 Å². The fraction of sp³-hybridized carbons (Fsp3) is 0.538. The Kier molecular flexibility index (Phi) is 5.66. The van der Waals surface area contributed by atoms with Gasteiger partial charge >= 0.3 is 0 Å². The third kappa shape index (κ3) is 4.19. The molecule has 0 spiro atoms. The Labute approximate surface area is 125 Å². The number of thioether (sulfide) groups is 1. The molecule has 1 aliphatic heterocycles. The van der Waals surface area contributed by atoms with Crippen LogP contribution in [0.3, 0.4) is 0 Å². The van der Waals surface area contributed by atoms with E-state index in [0.29, 0.717) is 16.3 Å². The maximum Gasteiger partial charge on any atom is 0.283 e. The number of rotatable bonds is 5. The van der Waals surface area contributed by atoms with Crippen LogP contribution in [0.2, 0.25) is 0 Å². The van der Waals surface area contributed by atoms with Gasteiger partial charge in [0.2, 0.25) is 0 Å². The second kappa shape index (κ2) is 7.26. The average molecular weight is 345 g/mol. The van der Waals surface area contributed by atoms with Crippen molar-refractivity contribution in [1.82, 2.24) is 5.32 Å². The van der Waals surface area contributed by atoms with Gasteiger partial charge in [0.05, 0.1) is 9.40 Å². The summed E-state index contributed by atoms with van der Waals surface area (Å²) in [4.78, 5) is 10.5. The highest BCUT2D eigenvalue weighted by Gasteiger charge is 2.16. The average Bonchev–Trinajstić information content (AvgIpc) is 2.41. The summed E-state index contributed by atoms with van der Waals surface area (Å²) in [6, 6.07) is 5.16. The van der Waals surface area contributed by atoms with Gasteiger partial charge in [-0.05, 0) is 40.1 Å². The van der Waals surface area contributed by atoms with Gasteiger partial charge in [-0.2, -0.15) is 11.8 Å². The van der Waals surface area contributed by atoms with Crippen LogP contribution in [0.5, 0.6) is 0 Å². The lowest BCUT2D eigenvalue weighted by atomic mass is 10.1. The molecule has 1 aliphatic rings. The van der Waals surface area contributed by atoms with Crippen molar-refractivity contribution >= 4 is 33.4 Å². The molecule has 0 aromatic heterocycles. The molecule has 1 fully saturated rings. The lowest BCUT2D eigenvalue weighted by Crippen LogP contribution is -2.26. The van der Waals surface area contributed by atoms with Crippen LogP contribution in [0.4, 0.5) is 5.69 Å². The highest BCUT2D eigenvalue weighted by Crippen LogP contribution is 2.28. The summed E-state index contributed by atoms with van der Waals surface area (Å²) in [6.45, 7) is 1.64. The topological polar surface area (TPSA) is 55.2 Å². The zero-order chi connectivity index (χ0) is 13.7. The summed E-state index contributed by atoms with van der Waals surface area (Å²) < 4.78 is 0.587. The van der Waals surface area contributed by atoms with Crippen LogP contribution in [-0.4, -0.2) is 22.5 Å². The van der Waals surface area contributed by atoms with Crippen LogP contribution in [0.15, 0.2) is 22.7 Å². The molecule has 1 unspecified atom stereocenters. The van der Waals surface area contributed by atoms with E-state index in [4.69, 9.17) is 0 Å². The molecule has 0 saturated carbocycles. The van der Waals surface area contributed by atoms with Crippen LogP contribution >= 0.6 is 27.7 Å². The Morgan fingerprint density at radius 3 is 3.00 bits per heavy atom. The van der Waals surface area contributed by atoms with Crippen molar-refractivity contribution < 1.29 is 4.92 Å². The zero-order valence-electron chi connectivity index (χ0n) is 10.6. The van der Waals surface area contributed by atoms with Crippen LogP contribution in [0.25, 0.3) is 0 Å². The summed E-state index contributed by atoms with van der Waals surface area (Å²) >= 11 is 5.35. The maximum atomic E-state index is 10.8. The predicted molar refractivity (Wildman–Crippen MR) is 82.6 cm³/mol. The molecule has 1 aromatic rings. The molecular weight excluding hydrogens is 328 g/mol. The third-order valence-corrected chi connectivity index (χ3v) is 5.53. The first kappa shape index (κ1) is 14.8. The van der Waals surface area contributed by atoms with Gasteiger partial charge in [0.25, 0.3) is 5.69 Å². The van der Waals surface area contributed by atoms with E-state index in [1.54, 1.807) is 6.07 Å². The van der Waals surface area contributed by atoms with Gasteiger partial charge < -0.3 is 5.32 Å². The van der Waals surface area contributed by atoms with Crippen molar-refractivity contribution in [2.75, 3.05) is 12.3 Å². The molecule has 6 heteroatoms. The predicted octanol–water partition coefficient (Wildman–Crippen LogP) is 3.73. The monoisotopic (exact) mass is 344 g/mol. The lowest BCUT2D eigenvalue weighted by molar-refractivity contribution is -0.385. The minimum Gasteiger partial charge on any atom is -0.312 e. The number of hydrogen-bond acceptors (Lipinski definition) is 4. The van der Waals surface area contributed by atoms with E-state index in [2.05, 4.69) is 21.2 Å². The first-order valence-corrected chi connectivity index (χ1v) is 8.27. The quantitative estimate of drug-likeness (QED) is 0.653. The highest BCUT2D eigenvalue weighted by molar-refractivity contribution is 9.10. The van der Waals surface area contributed by atoms with Crippen molar-refractivity contribution in [2.45, 2.75) is 31.1 Å². The second-order valence-corrected chi connectivity index (χ2v) is 6.83. The molecule has 1 heterocycles. The molecule has 0 aliphatic carbocycles. The van der Waals surface area contributed by atoms with Gasteiger partial charge in [0, 0.05) is 24.4 Å².